The predicted octanol–water partition coefficient (Wildman–Crippen LogP) is 7.50. The van der Waals surface area contributed by atoms with E-state index in [2.05, 4.69) is 32.0 Å². The molecule has 0 radical (unpaired) electrons. The van der Waals surface area contributed by atoms with Crippen molar-refractivity contribution in [3.63, 3.8) is 0 Å². The van der Waals surface area contributed by atoms with Gasteiger partial charge in [-0.2, -0.15) is 0 Å². The third-order valence-corrected chi connectivity index (χ3v) is 4.97. The van der Waals surface area contributed by atoms with Crippen molar-refractivity contribution in [1.82, 2.24) is 0 Å². The average molecular weight is 333 g/mol. The van der Waals surface area contributed by atoms with Gasteiger partial charge in [-0.15, -0.1) is 0 Å². The van der Waals surface area contributed by atoms with Crippen LogP contribution in [0.3, 0.4) is 0 Å². The van der Waals surface area contributed by atoms with Crippen LogP contribution in [0.4, 0.5) is 0 Å². The molecule has 0 atom stereocenters. The van der Waals surface area contributed by atoms with Crippen molar-refractivity contribution >= 4 is 0 Å². The fourth-order valence-electron chi connectivity index (χ4n) is 3.36. The Labute approximate surface area is 151 Å². The molecule has 0 aliphatic carbocycles. The Balaban J connectivity index is 2.29. The Morgan fingerprint density at radius 2 is 1.21 bits per heavy atom. The molecule has 1 nitrogen and oxygen atoms in total. The van der Waals surface area contributed by atoms with E-state index in [1.807, 2.05) is 7.11 Å². The maximum absolute atomic E-state index is 5.64. The van der Waals surface area contributed by atoms with Crippen molar-refractivity contribution in [2.75, 3.05) is 7.11 Å². The molecule has 0 heterocycles. The summed E-state index contributed by atoms with van der Waals surface area (Å²) < 4.78 is 5.64. The fourth-order valence-corrected chi connectivity index (χ4v) is 3.36. The molecule has 0 aromatic heterocycles. The van der Waals surface area contributed by atoms with Gasteiger partial charge in [-0.25, -0.2) is 0 Å². The van der Waals surface area contributed by atoms with Crippen molar-refractivity contribution in [2.45, 2.75) is 104 Å². The lowest BCUT2D eigenvalue weighted by Gasteiger charge is -2.11. The molecule has 0 bridgehead atoms. The minimum atomic E-state index is 1.10. The highest BCUT2D eigenvalue weighted by atomic mass is 16.5. The lowest BCUT2D eigenvalue weighted by atomic mass is 10.00. The minimum Gasteiger partial charge on any atom is -0.496 e. The number of unbranched alkanes of at least 4 members (excludes halogenated alkanes) is 10. The molecule has 1 rings (SSSR count). The van der Waals surface area contributed by atoms with Crippen LogP contribution >= 0.6 is 0 Å². The summed E-state index contributed by atoms with van der Waals surface area (Å²) in [4.78, 5) is 0. The van der Waals surface area contributed by atoms with Crippen LogP contribution in [0.5, 0.6) is 5.75 Å². The summed E-state index contributed by atoms with van der Waals surface area (Å²) in [5, 5.41) is 0. The Morgan fingerprint density at radius 1 is 0.667 bits per heavy atom. The molecule has 0 spiro atoms. The van der Waals surface area contributed by atoms with Gasteiger partial charge in [-0.3, -0.25) is 0 Å². The molecule has 138 valence electrons. The van der Waals surface area contributed by atoms with Gasteiger partial charge in [0.2, 0.25) is 0 Å². The number of aryl methyl sites for hydroxylation is 2. The number of ether oxygens (including phenoxy) is 1. The van der Waals surface area contributed by atoms with Crippen LogP contribution in [0, 0.1) is 0 Å². The highest BCUT2D eigenvalue weighted by Gasteiger charge is 2.05. The summed E-state index contributed by atoms with van der Waals surface area (Å²) >= 11 is 0. The first-order valence-corrected chi connectivity index (χ1v) is 10.5. The summed E-state index contributed by atoms with van der Waals surface area (Å²) in [7, 11) is 1.81. The largest absolute Gasteiger partial charge is 0.496 e. The SMILES string of the molecule is CCCCCCCCCc1ccc(CCCCCCC)cc1OC. The topological polar surface area (TPSA) is 9.23 Å². The standard InChI is InChI=1S/C23H40O/c1-4-6-8-10-11-13-15-17-22-19-18-21(20-23(22)24-3)16-14-12-9-7-5-2/h18-20H,4-17H2,1-3H3. The van der Waals surface area contributed by atoms with Crippen LogP contribution in [0.25, 0.3) is 0 Å². The second-order valence-corrected chi connectivity index (χ2v) is 7.18. The van der Waals surface area contributed by atoms with Gasteiger partial charge in [-0.05, 0) is 42.9 Å². The van der Waals surface area contributed by atoms with Gasteiger partial charge in [0.25, 0.3) is 0 Å². The molecule has 1 aromatic carbocycles. The molecule has 1 heteroatoms. The van der Waals surface area contributed by atoms with Gasteiger partial charge in [0.15, 0.2) is 0 Å². The van der Waals surface area contributed by atoms with Crippen molar-refractivity contribution in [3.8, 4) is 5.75 Å². The van der Waals surface area contributed by atoms with Crippen LogP contribution in [-0.2, 0) is 12.8 Å². The van der Waals surface area contributed by atoms with Gasteiger partial charge >= 0.3 is 0 Å². The monoisotopic (exact) mass is 332 g/mol. The van der Waals surface area contributed by atoms with E-state index in [1.54, 1.807) is 0 Å². The second kappa shape index (κ2) is 14.4. The molecule has 0 fully saturated rings. The first kappa shape index (κ1) is 21.1. The van der Waals surface area contributed by atoms with E-state index in [4.69, 9.17) is 4.74 Å². The zero-order chi connectivity index (χ0) is 17.5. The number of methoxy groups -OCH3 is 1. The predicted molar refractivity (Wildman–Crippen MR) is 107 cm³/mol. The van der Waals surface area contributed by atoms with Crippen molar-refractivity contribution in [2.24, 2.45) is 0 Å². The van der Waals surface area contributed by atoms with E-state index in [0.29, 0.717) is 0 Å². The molecule has 0 aliphatic heterocycles. The minimum absolute atomic E-state index is 1.10. The van der Waals surface area contributed by atoms with Crippen LogP contribution in [-0.4, -0.2) is 7.11 Å². The molecule has 0 amide bonds. The third-order valence-electron chi connectivity index (χ3n) is 4.97. The van der Waals surface area contributed by atoms with Gasteiger partial charge < -0.3 is 4.74 Å². The fraction of sp³-hybridized carbons (Fsp3) is 0.739. The van der Waals surface area contributed by atoms with Crippen LogP contribution in [0.15, 0.2) is 18.2 Å². The van der Waals surface area contributed by atoms with Crippen molar-refractivity contribution < 1.29 is 4.74 Å². The van der Waals surface area contributed by atoms with E-state index in [0.717, 1.165) is 12.2 Å². The lowest BCUT2D eigenvalue weighted by Crippen LogP contribution is -1.95. The van der Waals surface area contributed by atoms with Crippen LogP contribution in [0.2, 0.25) is 0 Å². The van der Waals surface area contributed by atoms with Crippen molar-refractivity contribution in [1.29, 1.82) is 0 Å². The zero-order valence-electron chi connectivity index (χ0n) is 16.5. The molecule has 24 heavy (non-hydrogen) atoms. The lowest BCUT2D eigenvalue weighted by molar-refractivity contribution is 0.408. The van der Waals surface area contributed by atoms with Crippen LogP contribution < -0.4 is 4.74 Å². The smallest absolute Gasteiger partial charge is 0.122 e. The third kappa shape index (κ3) is 9.35. The Morgan fingerprint density at radius 3 is 1.79 bits per heavy atom. The van der Waals surface area contributed by atoms with E-state index in [9.17, 15) is 0 Å². The first-order valence-electron chi connectivity index (χ1n) is 10.5. The number of hydrogen-bond donors (Lipinski definition) is 0. The van der Waals surface area contributed by atoms with Gasteiger partial charge in [0.1, 0.15) is 5.75 Å². The average Bonchev–Trinajstić information content (AvgIpc) is 2.61. The molecule has 0 saturated heterocycles. The maximum Gasteiger partial charge on any atom is 0.122 e. The number of rotatable bonds is 15. The van der Waals surface area contributed by atoms with Gasteiger partial charge in [0, 0.05) is 0 Å². The molecule has 0 unspecified atom stereocenters. The Kier molecular flexibility index (Phi) is 12.6. The normalized spacial score (nSPS) is 11.0. The van der Waals surface area contributed by atoms with E-state index < -0.39 is 0 Å². The summed E-state index contributed by atoms with van der Waals surface area (Å²) in [6.07, 6.45) is 18.7. The molecule has 0 saturated carbocycles. The molecule has 0 N–H and O–H groups in total. The Bertz CT molecular complexity index is 410. The molecule has 1 aromatic rings. The summed E-state index contributed by atoms with van der Waals surface area (Å²) in [6.45, 7) is 4.55. The highest BCUT2D eigenvalue weighted by molar-refractivity contribution is 5.37. The Hall–Kier alpha value is -0.980. The maximum atomic E-state index is 5.64. The molecular weight excluding hydrogens is 292 g/mol. The van der Waals surface area contributed by atoms with Gasteiger partial charge in [-0.1, -0.05) is 90.2 Å². The van der Waals surface area contributed by atoms with E-state index in [1.165, 1.54) is 94.6 Å². The molecular formula is C23H40O. The van der Waals surface area contributed by atoms with E-state index in [-0.39, 0.29) is 0 Å². The van der Waals surface area contributed by atoms with Crippen molar-refractivity contribution in [3.05, 3.63) is 29.3 Å². The van der Waals surface area contributed by atoms with Gasteiger partial charge in [0.05, 0.1) is 7.11 Å². The highest BCUT2D eigenvalue weighted by Crippen LogP contribution is 2.24. The van der Waals surface area contributed by atoms with E-state index >= 15 is 0 Å². The number of benzene rings is 1. The first-order chi connectivity index (χ1) is 11.8. The summed E-state index contributed by atoms with van der Waals surface area (Å²) in [5.74, 6) is 1.10. The zero-order valence-corrected chi connectivity index (χ0v) is 16.5. The second-order valence-electron chi connectivity index (χ2n) is 7.18. The van der Waals surface area contributed by atoms with Crippen LogP contribution in [0.1, 0.15) is 102 Å². The summed E-state index contributed by atoms with van der Waals surface area (Å²) in [5.41, 5.74) is 2.83. The number of hydrogen-bond acceptors (Lipinski definition) is 1. The quantitative estimate of drug-likeness (QED) is 0.302. The molecule has 0 aliphatic rings. The summed E-state index contributed by atoms with van der Waals surface area (Å²) in [6, 6.07) is 6.90.